The third kappa shape index (κ3) is 3.51. The highest BCUT2D eigenvalue weighted by Crippen LogP contribution is 2.17. The molecule has 0 spiro atoms. The van der Waals surface area contributed by atoms with E-state index in [9.17, 15) is 0 Å². The molecule has 0 atom stereocenters. The molecule has 1 aromatic carbocycles. The number of halogens is 1. The minimum Gasteiger partial charge on any atom is -0.490 e. The summed E-state index contributed by atoms with van der Waals surface area (Å²) in [5.41, 5.74) is 0.500. The van der Waals surface area contributed by atoms with Crippen LogP contribution in [0, 0.1) is 0 Å². The van der Waals surface area contributed by atoms with Crippen molar-refractivity contribution in [2.45, 2.75) is 0 Å². The van der Waals surface area contributed by atoms with Crippen molar-refractivity contribution in [2.24, 2.45) is 0 Å². The molecular formula is C10H11BrO2. The molecule has 70 valence electrons. The van der Waals surface area contributed by atoms with Gasteiger partial charge in [-0.3, -0.25) is 0 Å². The van der Waals surface area contributed by atoms with Crippen molar-refractivity contribution in [2.75, 3.05) is 12.1 Å². The van der Waals surface area contributed by atoms with Crippen LogP contribution < -0.4 is 9.47 Å². The van der Waals surface area contributed by atoms with Crippen LogP contribution in [0.25, 0.3) is 0 Å². The van der Waals surface area contributed by atoms with E-state index < -0.39 is 0 Å². The second-order valence-electron chi connectivity index (χ2n) is 2.32. The zero-order valence-corrected chi connectivity index (χ0v) is 8.79. The lowest BCUT2D eigenvalue weighted by atomic mass is 10.3. The lowest BCUT2D eigenvalue weighted by Crippen LogP contribution is -1.93. The number of hydrogen-bond donors (Lipinski definition) is 0. The van der Waals surface area contributed by atoms with Gasteiger partial charge in [0.25, 0.3) is 0 Å². The van der Waals surface area contributed by atoms with Crippen LogP contribution in [0.15, 0.2) is 36.9 Å². The van der Waals surface area contributed by atoms with E-state index in [2.05, 4.69) is 22.5 Å². The molecule has 0 saturated heterocycles. The predicted octanol–water partition coefficient (Wildman–Crippen LogP) is 2.98. The van der Waals surface area contributed by atoms with E-state index in [1.54, 1.807) is 6.08 Å². The fraction of sp³-hybridized carbons (Fsp3) is 0.200. The fourth-order valence-corrected chi connectivity index (χ4v) is 1.11. The first kappa shape index (κ1) is 10.1. The summed E-state index contributed by atoms with van der Waals surface area (Å²) in [7, 11) is 0. The van der Waals surface area contributed by atoms with E-state index in [0.717, 1.165) is 11.5 Å². The van der Waals surface area contributed by atoms with E-state index in [-0.39, 0.29) is 0 Å². The Balaban J connectivity index is 2.53. The monoisotopic (exact) mass is 242 g/mol. The van der Waals surface area contributed by atoms with Gasteiger partial charge in [0.15, 0.2) is 0 Å². The molecule has 3 heteroatoms. The maximum Gasteiger partial charge on any atom is 0.143 e. The highest BCUT2D eigenvalue weighted by atomic mass is 79.9. The molecule has 0 N–H and O–H groups in total. The largest absolute Gasteiger partial charge is 0.490 e. The number of rotatable bonds is 5. The Labute approximate surface area is 86.3 Å². The minimum absolute atomic E-state index is 0.500. The first-order valence-electron chi connectivity index (χ1n) is 3.89. The third-order valence-electron chi connectivity index (χ3n) is 1.41. The summed E-state index contributed by atoms with van der Waals surface area (Å²) < 4.78 is 10.5. The Morgan fingerprint density at radius 3 is 2.15 bits per heavy atom. The first-order chi connectivity index (χ1) is 6.36. The first-order valence-corrected chi connectivity index (χ1v) is 5.01. The molecule has 0 aromatic heterocycles. The van der Waals surface area contributed by atoms with Crippen LogP contribution in [0.3, 0.4) is 0 Å². The molecule has 0 amide bonds. The number of hydrogen-bond acceptors (Lipinski definition) is 2. The van der Waals surface area contributed by atoms with E-state index >= 15 is 0 Å². The molecule has 0 heterocycles. The molecule has 0 unspecified atom stereocenters. The Hall–Kier alpha value is -0.960. The second-order valence-corrected chi connectivity index (χ2v) is 2.78. The van der Waals surface area contributed by atoms with Crippen LogP contribution in [0.2, 0.25) is 0 Å². The Bertz CT molecular complexity index is 256. The fourth-order valence-electron chi connectivity index (χ4n) is 0.850. The molecule has 0 saturated carbocycles. The van der Waals surface area contributed by atoms with E-state index in [4.69, 9.17) is 9.47 Å². The quantitative estimate of drug-likeness (QED) is 0.584. The molecule has 1 rings (SSSR count). The van der Waals surface area contributed by atoms with E-state index in [0.29, 0.717) is 12.1 Å². The normalized spacial score (nSPS) is 9.31. The topological polar surface area (TPSA) is 18.5 Å². The summed E-state index contributed by atoms with van der Waals surface area (Å²) in [5.74, 6) is 1.64. The molecule has 0 fully saturated rings. The van der Waals surface area contributed by atoms with Crippen LogP contribution in [-0.2, 0) is 0 Å². The van der Waals surface area contributed by atoms with Crippen LogP contribution >= 0.6 is 15.9 Å². The summed E-state index contributed by atoms with van der Waals surface area (Å²) in [6, 6.07) is 7.45. The molecule has 0 bridgehead atoms. The summed E-state index contributed by atoms with van der Waals surface area (Å²) in [6.07, 6.45) is 1.71. The van der Waals surface area contributed by atoms with Gasteiger partial charge >= 0.3 is 0 Å². The SMILES string of the molecule is C=CCOc1ccc(OCBr)cc1. The van der Waals surface area contributed by atoms with Crippen LogP contribution in [-0.4, -0.2) is 12.1 Å². The van der Waals surface area contributed by atoms with Gasteiger partial charge in [0.05, 0.1) is 0 Å². The summed E-state index contributed by atoms with van der Waals surface area (Å²) in [5, 5.41) is 0. The lowest BCUT2D eigenvalue weighted by Gasteiger charge is -2.04. The standard InChI is InChI=1S/C10H11BrO2/c1-2-7-12-9-3-5-10(6-4-9)13-8-11/h2-6H,1,7-8H2. The lowest BCUT2D eigenvalue weighted by molar-refractivity contribution is 0.360. The number of benzene rings is 1. The van der Waals surface area contributed by atoms with Gasteiger partial charge in [-0.15, -0.1) is 0 Å². The van der Waals surface area contributed by atoms with Crippen LogP contribution in [0.4, 0.5) is 0 Å². The molecule has 0 aliphatic heterocycles. The maximum absolute atomic E-state index is 5.30. The Kier molecular flexibility index (Phi) is 4.40. The van der Waals surface area contributed by atoms with E-state index in [1.165, 1.54) is 0 Å². The second kappa shape index (κ2) is 5.65. The molecular weight excluding hydrogens is 232 g/mol. The van der Waals surface area contributed by atoms with Crippen LogP contribution in [0.5, 0.6) is 11.5 Å². The van der Waals surface area contributed by atoms with Crippen molar-refractivity contribution in [3.8, 4) is 11.5 Å². The van der Waals surface area contributed by atoms with Crippen molar-refractivity contribution in [1.29, 1.82) is 0 Å². The Morgan fingerprint density at radius 1 is 1.15 bits per heavy atom. The number of alkyl halides is 1. The van der Waals surface area contributed by atoms with Crippen molar-refractivity contribution in [3.05, 3.63) is 36.9 Å². The predicted molar refractivity (Wildman–Crippen MR) is 56.6 cm³/mol. The van der Waals surface area contributed by atoms with Gasteiger partial charge in [0, 0.05) is 0 Å². The summed E-state index contributed by atoms with van der Waals surface area (Å²) in [6.45, 7) is 4.09. The summed E-state index contributed by atoms with van der Waals surface area (Å²) in [4.78, 5) is 0. The molecule has 13 heavy (non-hydrogen) atoms. The van der Waals surface area contributed by atoms with Gasteiger partial charge in [-0.1, -0.05) is 12.7 Å². The molecule has 0 aliphatic carbocycles. The van der Waals surface area contributed by atoms with Crippen LogP contribution in [0.1, 0.15) is 0 Å². The van der Waals surface area contributed by atoms with Gasteiger partial charge in [-0.05, 0) is 40.2 Å². The van der Waals surface area contributed by atoms with E-state index in [1.807, 2.05) is 24.3 Å². The zero-order valence-electron chi connectivity index (χ0n) is 7.20. The molecule has 0 aliphatic rings. The van der Waals surface area contributed by atoms with Crippen molar-refractivity contribution >= 4 is 15.9 Å². The smallest absolute Gasteiger partial charge is 0.143 e. The summed E-state index contributed by atoms with van der Waals surface area (Å²) >= 11 is 3.18. The molecule has 0 radical (unpaired) electrons. The average molecular weight is 243 g/mol. The number of ether oxygens (including phenoxy) is 2. The highest BCUT2D eigenvalue weighted by molar-refractivity contribution is 9.09. The van der Waals surface area contributed by atoms with Gasteiger partial charge in [-0.2, -0.15) is 0 Å². The molecule has 1 aromatic rings. The van der Waals surface area contributed by atoms with Crippen molar-refractivity contribution in [1.82, 2.24) is 0 Å². The molecule has 2 nitrogen and oxygen atoms in total. The van der Waals surface area contributed by atoms with Crippen molar-refractivity contribution < 1.29 is 9.47 Å². The van der Waals surface area contributed by atoms with Gasteiger partial charge in [-0.25, -0.2) is 0 Å². The Morgan fingerprint density at radius 2 is 1.69 bits per heavy atom. The van der Waals surface area contributed by atoms with Crippen molar-refractivity contribution in [3.63, 3.8) is 0 Å². The zero-order chi connectivity index (χ0) is 9.52. The van der Waals surface area contributed by atoms with Gasteiger partial charge in [0.2, 0.25) is 0 Å². The maximum atomic E-state index is 5.30. The average Bonchev–Trinajstić information content (AvgIpc) is 2.17. The van der Waals surface area contributed by atoms with Gasteiger partial charge < -0.3 is 9.47 Å². The van der Waals surface area contributed by atoms with Gasteiger partial charge in [0.1, 0.15) is 23.6 Å². The highest BCUT2D eigenvalue weighted by Gasteiger charge is 1.93. The third-order valence-corrected chi connectivity index (χ3v) is 1.64. The minimum atomic E-state index is 0.500.